The maximum Gasteiger partial charge on any atom is 0.260 e. The lowest BCUT2D eigenvalue weighted by atomic mass is 10.1. The van der Waals surface area contributed by atoms with Crippen LogP contribution in [0, 0.1) is 0 Å². The van der Waals surface area contributed by atoms with E-state index in [4.69, 9.17) is 9.47 Å². The minimum absolute atomic E-state index is 0.0337. The third-order valence-electron chi connectivity index (χ3n) is 4.56. The van der Waals surface area contributed by atoms with E-state index in [0.717, 1.165) is 0 Å². The molecule has 0 bridgehead atoms. The van der Waals surface area contributed by atoms with Crippen molar-refractivity contribution in [1.82, 2.24) is 19.7 Å². The van der Waals surface area contributed by atoms with Crippen molar-refractivity contribution in [3.8, 4) is 11.5 Å². The van der Waals surface area contributed by atoms with Crippen LogP contribution in [-0.2, 0) is 21.7 Å². The van der Waals surface area contributed by atoms with E-state index in [0.29, 0.717) is 37.4 Å². The number of benzene rings is 1. The van der Waals surface area contributed by atoms with E-state index >= 15 is 0 Å². The van der Waals surface area contributed by atoms with Gasteiger partial charge in [0.2, 0.25) is 15.0 Å². The molecule has 146 valence electrons. The Morgan fingerprint density at radius 1 is 1.26 bits per heavy atom. The Bertz CT molecular complexity index is 904. The molecule has 0 saturated carbocycles. The van der Waals surface area contributed by atoms with Gasteiger partial charge in [-0.05, 0) is 25.0 Å². The van der Waals surface area contributed by atoms with Gasteiger partial charge in [-0.25, -0.2) is 8.42 Å². The molecular weight excluding hydrogens is 372 g/mol. The van der Waals surface area contributed by atoms with Gasteiger partial charge < -0.3 is 18.9 Å². The summed E-state index contributed by atoms with van der Waals surface area (Å²) in [5.74, 6) is 1.02. The number of carbonyl (C=O) groups is 1. The largest absolute Gasteiger partial charge is 0.497 e. The average molecular weight is 394 g/mol. The zero-order valence-corrected chi connectivity index (χ0v) is 16.1. The second-order valence-corrected chi connectivity index (χ2v) is 8.44. The predicted molar refractivity (Wildman–Crippen MR) is 96.3 cm³/mol. The fourth-order valence-electron chi connectivity index (χ4n) is 3.02. The Kier molecular flexibility index (Phi) is 5.64. The molecule has 0 radical (unpaired) electrons. The number of ether oxygens (including phenoxy) is 2. The molecular formula is C17H22N4O5S. The molecule has 10 heteroatoms. The number of carbonyl (C=O) groups excluding carboxylic acids is 1. The number of hydrogen-bond donors (Lipinski definition) is 0. The maximum absolute atomic E-state index is 12.7. The highest BCUT2D eigenvalue weighted by atomic mass is 32.2. The van der Waals surface area contributed by atoms with E-state index in [9.17, 15) is 13.2 Å². The minimum atomic E-state index is -3.56. The summed E-state index contributed by atoms with van der Waals surface area (Å²) in [6.07, 6.45) is 2.08. The zero-order valence-electron chi connectivity index (χ0n) is 15.2. The van der Waals surface area contributed by atoms with Crippen LogP contribution in [0.4, 0.5) is 0 Å². The summed E-state index contributed by atoms with van der Waals surface area (Å²) in [6.45, 7) is 0.623. The summed E-state index contributed by atoms with van der Waals surface area (Å²) in [4.78, 5) is 14.0. The molecule has 1 aromatic carbocycles. The number of piperidine rings is 1. The molecule has 2 heterocycles. The monoisotopic (exact) mass is 394 g/mol. The number of amides is 1. The quantitative estimate of drug-likeness (QED) is 0.709. The topological polar surface area (TPSA) is 104 Å². The average Bonchev–Trinajstić information content (AvgIpc) is 3.13. The third-order valence-corrected chi connectivity index (χ3v) is 6.79. The van der Waals surface area contributed by atoms with Crippen LogP contribution in [0.3, 0.4) is 0 Å². The smallest absolute Gasteiger partial charge is 0.260 e. The van der Waals surface area contributed by atoms with Crippen LogP contribution in [0.25, 0.3) is 0 Å². The Balaban J connectivity index is 1.54. The standard InChI is InChI=1S/C17H22N4O5S/c1-20-12-18-19-17(20)27(23,24)15-6-8-21(9-7-15)16(22)11-26-14-5-3-4-13(10-14)25-2/h3-5,10,12,15H,6-9,11H2,1-2H3. The lowest BCUT2D eigenvalue weighted by Gasteiger charge is -2.31. The van der Waals surface area contributed by atoms with Gasteiger partial charge >= 0.3 is 0 Å². The first-order chi connectivity index (χ1) is 12.9. The van der Waals surface area contributed by atoms with Crippen LogP contribution in [0.2, 0.25) is 0 Å². The summed E-state index contributed by atoms with van der Waals surface area (Å²) in [6, 6.07) is 7.01. The van der Waals surface area contributed by atoms with Crippen LogP contribution < -0.4 is 9.47 Å². The second-order valence-electron chi connectivity index (χ2n) is 6.32. The summed E-state index contributed by atoms with van der Waals surface area (Å²) >= 11 is 0. The SMILES string of the molecule is COc1cccc(OCC(=O)N2CCC(S(=O)(=O)c3nncn3C)CC2)c1. The van der Waals surface area contributed by atoms with E-state index in [2.05, 4.69) is 10.2 Å². The van der Waals surface area contributed by atoms with Gasteiger partial charge in [0.15, 0.2) is 6.61 Å². The molecule has 0 N–H and O–H groups in total. The first-order valence-corrected chi connectivity index (χ1v) is 10.1. The summed E-state index contributed by atoms with van der Waals surface area (Å²) < 4.78 is 37.3. The summed E-state index contributed by atoms with van der Waals surface area (Å²) in [5.41, 5.74) is 0. The van der Waals surface area contributed by atoms with Crippen LogP contribution >= 0.6 is 0 Å². The van der Waals surface area contributed by atoms with Crippen molar-refractivity contribution in [1.29, 1.82) is 0 Å². The molecule has 1 aliphatic heterocycles. The van der Waals surface area contributed by atoms with E-state index in [1.807, 2.05) is 0 Å². The van der Waals surface area contributed by atoms with E-state index in [-0.39, 0.29) is 17.7 Å². The van der Waals surface area contributed by atoms with Gasteiger partial charge in [-0.3, -0.25) is 4.79 Å². The highest BCUT2D eigenvalue weighted by Crippen LogP contribution is 2.23. The Morgan fingerprint density at radius 3 is 2.59 bits per heavy atom. The zero-order chi connectivity index (χ0) is 19.4. The number of methoxy groups -OCH3 is 1. The van der Waals surface area contributed by atoms with Crippen LogP contribution in [0.5, 0.6) is 11.5 Å². The van der Waals surface area contributed by atoms with Crippen molar-refractivity contribution in [2.45, 2.75) is 23.2 Å². The number of likely N-dealkylation sites (tertiary alicyclic amines) is 1. The first-order valence-electron chi connectivity index (χ1n) is 8.54. The van der Waals surface area contributed by atoms with Gasteiger partial charge in [0, 0.05) is 26.2 Å². The summed E-state index contributed by atoms with van der Waals surface area (Å²) in [7, 11) is -0.398. The van der Waals surface area contributed by atoms with Gasteiger partial charge in [-0.2, -0.15) is 0 Å². The Hall–Kier alpha value is -2.62. The molecule has 1 fully saturated rings. The number of aryl methyl sites for hydroxylation is 1. The van der Waals surface area contributed by atoms with E-state index in [1.54, 1.807) is 43.3 Å². The normalized spacial score (nSPS) is 15.6. The Labute approximate surface area is 157 Å². The van der Waals surface area contributed by atoms with E-state index in [1.165, 1.54) is 10.9 Å². The number of nitrogens with zero attached hydrogens (tertiary/aromatic N) is 4. The predicted octanol–water partition coefficient (Wildman–Crippen LogP) is 0.667. The molecule has 27 heavy (non-hydrogen) atoms. The van der Waals surface area contributed by atoms with Crippen molar-refractivity contribution in [2.24, 2.45) is 7.05 Å². The molecule has 9 nitrogen and oxygen atoms in total. The highest BCUT2D eigenvalue weighted by molar-refractivity contribution is 7.91. The molecule has 1 saturated heterocycles. The van der Waals surface area contributed by atoms with E-state index < -0.39 is 15.1 Å². The molecule has 2 aromatic rings. The van der Waals surface area contributed by atoms with Gasteiger partial charge in [0.05, 0.1) is 12.4 Å². The van der Waals surface area contributed by atoms with Crippen molar-refractivity contribution in [3.63, 3.8) is 0 Å². The fraction of sp³-hybridized carbons (Fsp3) is 0.471. The number of aromatic nitrogens is 3. The second kappa shape index (κ2) is 7.95. The number of sulfone groups is 1. The minimum Gasteiger partial charge on any atom is -0.497 e. The lowest BCUT2D eigenvalue weighted by Crippen LogP contribution is -2.44. The molecule has 3 rings (SSSR count). The third kappa shape index (κ3) is 4.21. The van der Waals surface area contributed by atoms with Crippen molar-refractivity contribution >= 4 is 15.7 Å². The van der Waals surface area contributed by atoms with Crippen LogP contribution in [0.1, 0.15) is 12.8 Å². The van der Waals surface area contributed by atoms with Gasteiger partial charge in [-0.15, -0.1) is 10.2 Å². The molecule has 0 spiro atoms. The lowest BCUT2D eigenvalue weighted by molar-refractivity contribution is -0.134. The highest BCUT2D eigenvalue weighted by Gasteiger charge is 2.35. The molecule has 1 amide bonds. The molecule has 0 atom stereocenters. The molecule has 1 aliphatic rings. The van der Waals surface area contributed by atoms with Gasteiger partial charge in [0.1, 0.15) is 17.8 Å². The molecule has 1 aromatic heterocycles. The van der Waals surface area contributed by atoms with Crippen LogP contribution in [0.15, 0.2) is 35.7 Å². The van der Waals surface area contributed by atoms with Crippen LogP contribution in [-0.4, -0.2) is 66.0 Å². The van der Waals surface area contributed by atoms with Crippen molar-refractivity contribution in [3.05, 3.63) is 30.6 Å². The fourth-order valence-corrected chi connectivity index (χ4v) is 4.76. The molecule has 0 aliphatic carbocycles. The van der Waals surface area contributed by atoms with Gasteiger partial charge in [-0.1, -0.05) is 6.07 Å². The number of hydrogen-bond acceptors (Lipinski definition) is 7. The van der Waals surface area contributed by atoms with Gasteiger partial charge in [0.25, 0.3) is 5.91 Å². The first kappa shape index (κ1) is 19.2. The Morgan fingerprint density at radius 2 is 1.96 bits per heavy atom. The molecule has 0 unspecified atom stereocenters. The summed E-state index contributed by atoms with van der Waals surface area (Å²) in [5, 5.41) is 6.74. The number of rotatable bonds is 6. The maximum atomic E-state index is 12.7. The van der Waals surface area contributed by atoms with Crippen molar-refractivity contribution < 1.29 is 22.7 Å². The van der Waals surface area contributed by atoms with Crippen molar-refractivity contribution in [2.75, 3.05) is 26.8 Å².